The summed E-state index contributed by atoms with van der Waals surface area (Å²) in [5, 5.41) is 3.55. The Bertz CT molecular complexity index is 294. The quantitative estimate of drug-likeness (QED) is 0.674. The van der Waals surface area contributed by atoms with E-state index in [0.29, 0.717) is 18.1 Å². The molecule has 1 atom stereocenters. The highest BCUT2D eigenvalue weighted by Crippen LogP contribution is 2.29. The topological polar surface area (TPSA) is 56.0 Å². The highest BCUT2D eigenvalue weighted by Gasteiger charge is 2.21. The third-order valence-corrected chi connectivity index (χ3v) is 3.29. The second-order valence-corrected chi connectivity index (χ2v) is 4.17. The molecule has 1 unspecified atom stereocenters. The van der Waals surface area contributed by atoms with Crippen LogP contribution < -0.4 is 0 Å². The monoisotopic (exact) mass is 198 g/mol. The molecule has 0 N–H and O–H groups in total. The van der Waals surface area contributed by atoms with Crippen LogP contribution in [0.1, 0.15) is 35.3 Å². The SMILES string of the molecule is O=Cc1noc(C2CCCSC2)n1. The first-order chi connectivity index (χ1) is 6.40. The molecule has 2 rings (SSSR count). The molecular formula is C8H10N2O2S. The van der Waals surface area contributed by atoms with Gasteiger partial charge in [0.2, 0.25) is 11.7 Å². The molecule has 1 aliphatic heterocycles. The fourth-order valence-electron chi connectivity index (χ4n) is 1.40. The Morgan fingerprint density at radius 1 is 1.62 bits per heavy atom. The van der Waals surface area contributed by atoms with Crippen LogP contribution in [0.15, 0.2) is 4.52 Å². The molecule has 2 heterocycles. The minimum atomic E-state index is 0.158. The van der Waals surface area contributed by atoms with Crippen molar-refractivity contribution in [2.24, 2.45) is 0 Å². The van der Waals surface area contributed by atoms with Crippen LogP contribution in [0.4, 0.5) is 0 Å². The van der Waals surface area contributed by atoms with Crippen molar-refractivity contribution in [2.45, 2.75) is 18.8 Å². The molecule has 0 saturated carbocycles. The van der Waals surface area contributed by atoms with E-state index in [2.05, 4.69) is 10.1 Å². The number of nitrogens with zero attached hydrogens (tertiary/aromatic N) is 2. The van der Waals surface area contributed by atoms with Crippen LogP contribution in [0.5, 0.6) is 0 Å². The van der Waals surface area contributed by atoms with Gasteiger partial charge in [0.1, 0.15) is 0 Å². The van der Waals surface area contributed by atoms with Crippen LogP contribution >= 0.6 is 11.8 Å². The Morgan fingerprint density at radius 2 is 2.54 bits per heavy atom. The molecule has 0 aliphatic carbocycles. The van der Waals surface area contributed by atoms with E-state index in [1.54, 1.807) is 0 Å². The smallest absolute Gasteiger partial charge is 0.235 e. The van der Waals surface area contributed by atoms with Gasteiger partial charge in [-0.05, 0) is 18.6 Å². The van der Waals surface area contributed by atoms with E-state index in [0.717, 1.165) is 12.2 Å². The lowest BCUT2D eigenvalue weighted by atomic mass is 10.1. The number of aromatic nitrogens is 2. The molecule has 0 radical (unpaired) electrons. The van der Waals surface area contributed by atoms with E-state index in [1.807, 2.05) is 11.8 Å². The molecule has 1 aromatic heterocycles. The summed E-state index contributed by atoms with van der Waals surface area (Å²) >= 11 is 1.90. The van der Waals surface area contributed by atoms with Gasteiger partial charge < -0.3 is 4.52 Å². The zero-order valence-electron chi connectivity index (χ0n) is 7.10. The zero-order chi connectivity index (χ0) is 9.10. The molecule has 1 fully saturated rings. The second-order valence-electron chi connectivity index (χ2n) is 3.02. The van der Waals surface area contributed by atoms with E-state index >= 15 is 0 Å². The van der Waals surface area contributed by atoms with E-state index in [9.17, 15) is 4.79 Å². The first kappa shape index (κ1) is 8.74. The van der Waals surface area contributed by atoms with Gasteiger partial charge in [-0.1, -0.05) is 5.16 Å². The van der Waals surface area contributed by atoms with Gasteiger partial charge in [0, 0.05) is 11.7 Å². The minimum Gasteiger partial charge on any atom is -0.339 e. The van der Waals surface area contributed by atoms with Gasteiger partial charge in [0.25, 0.3) is 0 Å². The highest BCUT2D eigenvalue weighted by molar-refractivity contribution is 7.99. The van der Waals surface area contributed by atoms with Gasteiger partial charge >= 0.3 is 0 Å². The lowest BCUT2D eigenvalue weighted by Crippen LogP contribution is -2.08. The maximum Gasteiger partial charge on any atom is 0.235 e. The maximum absolute atomic E-state index is 10.3. The maximum atomic E-state index is 10.3. The number of carbonyl (C=O) groups excluding carboxylic acids is 1. The van der Waals surface area contributed by atoms with Crippen LogP contribution in [-0.4, -0.2) is 27.9 Å². The van der Waals surface area contributed by atoms with E-state index in [4.69, 9.17) is 4.52 Å². The molecule has 70 valence electrons. The van der Waals surface area contributed by atoms with Crippen molar-refractivity contribution in [1.29, 1.82) is 0 Å². The summed E-state index contributed by atoms with van der Waals surface area (Å²) in [6.45, 7) is 0. The molecule has 4 nitrogen and oxygen atoms in total. The lowest BCUT2D eigenvalue weighted by molar-refractivity contribution is 0.111. The average Bonchev–Trinajstić information content (AvgIpc) is 2.67. The first-order valence-corrected chi connectivity index (χ1v) is 5.42. The van der Waals surface area contributed by atoms with Crippen molar-refractivity contribution in [3.8, 4) is 0 Å². The lowest BCUT2D eigenvalue weighted by Gasteiger charge is -2.16. The number of carbonyl (C=O) groups is 1. The summed E-state index contributed by atoms with van der Waals surface area (Å²) in [6, 6.07) is 0. The zero-order valence-corrected chi connectivity index (χ0v) is 7.92. The molecular weight excluding hydrogens is 188 g/mol. The number of rotatable bonds is 2. The van der Waals surface area contributed by atoms with Crippen molar-refractivity contribution in [3.05, 3.63) is 11.7 Å². The Morgan fingerprint density at radius 3 is 3.15 bits per heavy atom. The Kier molecular flexibility index (Phi) is 2.63. The molecule has 1 aliphatic rings. The number of hydrogen-bond donors (Lipinski definition) is 0. The van der Waals surface area contributed by atoms with Gasteiger partial charge in [-0.3, -0.25) is 4.79 Å². The molecule has 0 amide bonds. The molecule has 1 saturated heterocycles. The number of aldehydes is 1. The van der Waals surface area contributed by atoms with Crippen molar-refractivity contribution < 1.29 is 9.32 Å². The van der Waals surface area contributed by atoms with Crippen molar-refractivity contribution in [1.82, 2.24) is 10.1 Å². The Hall–Kier alpha value is -0.840. The summed E-state index contributed by atoms with van der Waals surface area (Å²) < 4.78 is 4.99. The van der Waals surface area contributed by atoms with E-state index in [-0.39, 0.29) is 5.82 Å². The molecule has 13 heavy (non-hydrogen) atoms. The van der Waals surface area contributed by atoms with E-state index in [1.165, 1.54) is 12.2 Å². The van der Waals surface area contributed by atoms with Gasteiger partial charge in [0.05, 0.1) is 0 Å². The van der Waals surface area contributed by atoms with Crippen molar-refractivity contribution >= 4 is 18.0 Å². The number of thioether (sulfide) groups is 1. The van der Waals surface area contributed by atoms with Gasteiger partial charge in [0.15, 0.2) is 6.29 Å². The van der Waals surface area contributed by atoms with Crippen LogP contribution in [0.3, 0.4) is 0 Å². The van der Waals surface area contributed by atoms with Crippen molar-refractivity contribution in [2.75, 3.05) is 11.5 Å². The molecule has 5 heteroatoms. The van der Waals surface area contributed by atoms with Crippen molar-refractivity contribution in [3.63, 3.8) is 0 Å². The molecule has 0 spiro atoms. The summed E-state index contributed by atoms with van der Waals surface area (Å²) in [4.78, 5) is 14.3. The third kappa shape index (κ3) is 1.91. The van der Waals surface area contributed by atoms with Gasteiger partial charge in [-0.25, -0.2) is 0 Å². The summed E-state index contributed by atoms with van der Waals surface area (Å²) in [6.07, 6.45) is 2.89. The first-order valence-electron chi connectivity index (χ1n) is 4.26. The van der Waals surface area contributed by atoms with Gasteiger partial charge in [-0.15, -0.1) is 0 Å². The molecule has 0 aromatic carbocycles. The summed E-state index contributed by atoms with van der Waals surface area (Å²) in [7, 11) is 0. The molecule has 0 bridgehead atoms. The average molecular weight is 198 g/mol. The number of hydrogen-bond acceptors (Lipinski definition) is 5. The largest absolute Gasteiger partial charge is 0.339 e. The minimum absolute atomic E-state index is 0.158. The van der Waals surface area contributed by atoms with Crippen LogP contribution in [0.2, 0.25) is 0 Å². The fourth-order valence-corrected chi connectivity index (χ4v) is 2.53. The molecule has 1 aromatic rings. The van der Waals surface area contributed by atoms with E-state index < -0.39 is 0 Å². The predicted octanol–water partition coefficient (Wildman–Crippen LogP) is 1.49. The standard InChI is InChI=1S/C8H10N2O2S/c11-4-7-9-8(12-10-7)6-2-1-3-13-5-6/h4,6H,1-3,5H2. The van der Waals surface area contributed by atoms with Crippen LogP contribution in [0, 0.1) is 0 Å². The van der Waals surface area contributed by atoms with Gasteiger partial charge in [-0.2, -0.15) is 16.7 Å². The summed E-state index contributed by atoms with van der Waals surface area (Å²) in [5.74, 6) is 3.37. The Balaban J connectivity index is 2.09. The second kappa shape index (κ2) is 3.91. The normalized spacial score (nSPS) is 22.9. The fraction of sp³-hybridized carbons (Fsp3) is 0.625. The van der Waals surface area contributed by atoms with Crippen LogP contribution in [0.25, 0.3) is 0 Å². The van der Waals surface area contributed by atoms with Crippen LogP contribution in [-0.2, 0) is 0 Å². The predicted molar refractivity (Wildman–Crippen MR) is 49.0 cm³/mol. The summed E-state index contributed by atoms with van der Waals surface area (Å²) in [5.41, 5.74) is 0. The highest BCUT2D eigenvalue weighted by atomic mass is 32.2. The third-order valence-electron chi connectivity index (χ3n) is 2.07. The Labute approximate surface area is 80.1 Å².